The first kappa shape index (κ1) is 14.9. The SMILES string of the molecule is Cl.O=C(NCCc1cccs1)c1ccc2c(c1)CCN2. The highest BCUT2D eigenvalue weighted by molar-refractivity contribution is 7.09. The summed E-state index contributed by atoms with van der Waals surface area (Å²) in [6, 6.07) is 10.0. The molecule has 0 spiro atoms. The highest BCUT2D eigenvalue weighted by Gasteiger charge is 2.13. The molecule has 106 valence electrons. The van der Waals surface area contributed by atoms with Crippen LogP contribution in [0.4, 0.5) is 5.69 Å². The molecule has 0 atom stereocenters. The van der Waals surface area contributed by atoms with Gasteiger partial charge in [-0.1, -0.05) is 6.07 Å². The molecule has 1 amide bonds. The Balaban J connectivity index is 0.00000147. The van der Waals surface area contributed by atoms with E-state index in [2.05, 4.69) is 22.1 Å². The molecule has 20 heavy (non-hydrogen) atoms. The molecule has 1 aromatic heterocycles. The summed E-state index contributed by atoms with van der Waals surface area (Å²) >= 11 is 1.73. The molecule has 3 rings (SSSR count). The van der Waals surface area contributed by atoms with Crippen molar-refractivity contribution in [2.75, 3.05) is 18.4 Å². The van der Waals surface area contributed by atoms with Gasteiger partial charge in [-0.25, -0.2) is 0 Å². The Morgan fingerprint density at radius 2 is 2.25 bits per heavy atom. The number of halogens is 1. The number of fused-ring (bicyclic) bond motifs is 1. The number of rotatable bonds is 4. The number of hydrogen-bond donors (Lipinski definition) is 2. The zero-order valence-corrected chi connectivity index (χ0v) is 12.7. The molecule has 1 aliphatic heterocycles. The Morgan fingerprint density at radius 1 is 1.35 bits per heavy atom. The predicted molar refractivity (Wildman–Crippen MR) is 86.2 cm³/mol. The van der Waals surface area contributed by atoms with Crippen LogP contribution in [-0.2, 0) is 12.8 Å². The van der Waals surface area contributed by atoms with Crippen molar-refractivity contribution in [1.82, 2.24) is 5.32 Å². The minimum absolute atomic E-state index is 0. The lowest BCUT2D eigenvalue weighted by molar-refractivity contribution is 0.0954. The van der Waals surface area contributed by atoms with Crippen LogP contribution in [0.15, 0.2) is 35.7 Å². The molecule has 2 heterocycles. The first-order valence-corrected chi connectivity index (χ1v) is 7.38. The van der Waals surface area contributed by atoms with Gasteiger partial charge < -0.3 is 10.6 Å². The van der Waals surface area contributed by atoms with E-state index < -0.39 is 0 Å². The summed E-state index contributed by atoms with van der Waals surface area (Å²) in [5, 5.41) is 8.33. The van der Waals surface area contributed by atoms with Crippen LogP contribution in [0, 0.1) is 0 Å². The summed E-state index contributed by atoms with van der Waals surface area (Å²) < 4.78 is 0. The molecule has 1 aliphatic rings. The first-order chi connectivity index (χ1) is 9.33. The number of hydrogen-bond acceptors (Lipinski definition) is 3. The predicted octanol–water partition coefficient (Wildman–Crippen LogP) is 3.11. The Kier molecular flexibility index (Phi) is 5.04. The molecular weight excluding hydrogens is 292 g/mol. The molecule has 0 fully saturated rings. The molecular formula is C15H17ClN2OS. The number of thiophene rings is 1. The summed E-state index contributed by atoms with van der Waals surface area (Å²) in [5.41, 5.74) is 3.16. The zero-order chi connectivity index (χ0) is 13.1. The average Bonchev–Trinajstić information content (AvgIpc) is 3.08. The van der Waals surface area contributed by atoms with Gasteiger partial charge in [0, 0.05) is 29.2 Å². The van der Waals surface area contributed by atoms with E-state index in [1.165, 1.54) is 10.4 Å². The van der Waals surface area contributed by atoms with E-state index in [9.17, 15) is 4.79 Å². The van der Waals surface area contributed by atoms with Gasteiger partial charge in [-0.15, -0.1) is 23.7 Å². The largest absolute Gasteiger partial charge is 0.384 e. The molecule has 2 aromatic rings. The van der Waals surface area contributed by atoms with Gasteiger partial charge in [0.05, 0.1) is 0 Å². The lowest BCUT2D eigenvalue weighted by Gasteiger charge is -2.06. The smallest absolute Gasteiger partial charge is 0.251 e. The number of carbonyl (C=O) groups is 1. The second kappa shape index (κ2) is 6.77. The van der Waals surface area contributed by atoms with Crippen molar-refractivity contribution in [3.63, 3.8) is 0 Å². The summed E-state index contributed by atoms with van der Waals surface area (Å²) in [7, 11) is 0. The maximum absolute atomic E-state index is 12.0. The fraction of sp³-hybridized carbons (Fsp3) is 0.267. The second-order valence-electron chi connectivity index (χ2n) is 4.63. The third-order valence-corrected chi connectivity index (χ3v) is 4.25. The molecule has 0 radical (unpaired) electrons. The van der Waals surface area contributed by atoms with Crippen LogP contribution in [0.2, 0.25) is 0 Å². The van der Waals surface area contributed by atoms with Gasteiger partial charge in [0.15, 0.2) is 0 Å². The van der Waals surface area contributed by atoms with Gasteiger partial charge in [-0.05, 0) is 48.1 Å². The third kappa shape index (κ3) is 3.32. The van der Waals surface area contributed by atoms with E-state index in [1.807, 2.05) is 24.3 Å². The van der Waals surface area contributed by atoms with Crippen LogP contribution >= 0.6 is 23.7 Å². The molecule has 0 saturated carbocycles. The van der Waals surface area contributed by atoms with Crippen molar-refractivity contribution >= 4 is 35.3 Å². The van der Waals surface area contributed by atoms with Crippen molar-refractivity contribution in [1.29, 1.82) is 0 Å². The van der Waals surface area contributed by atoms with E-state index in [1.54, 1.807) is 11.3 Å². The van der Waals surface area contributed by atoms with E-state index in [0.29, 0.717) is 6.54 Å². The fourth-order valence-corrected chi connectivity index (χ4v) is 3.01. The topological polar surface area (TPSA) is 41.1 Å². The average molecular weight is 309 g/mol. The van der Waals surface area contributed by atoms with Gasteiger partial charge in [0.25, 0.3) is 5.91 Å². The minimum Gasteiger partial charge on any atom is -0.384 e. The van der Waals surface area contributed by atoms with E-state index >= 15 is 0 Å². The van der Waals surface area contributed by atoms with Crippen molar-refractivity contribution < 1.29 is 4.79 Å². The summed E-state index contributed by atoms with van der Waals surface area (Å²) in [4.78, 5) is 13.3. The molecule has 0 saturated heterocycles. The van der Waals surface area contributed by atoms with Crippen LogP contribution in [0.1, 0.15) is 20.8 Å². The summed E-state index contributed by atoms with van der Waals surface area (Å²) in [6.45, 7) is 1.66. The third-order valence-electron chi connectivity index (χ3n) is 3.31. The second-order valence-corrected chi connectivity index (χ2v) is 5.67. The van der Waals surface area contributed by atoms with Crippen LogP contribution < -0.4 is 10.6 Å². The van der Waals surface area contributed by atoms with Crippen molar-refractivity contribution in [2.45, 2.75) is 12.8 Å². The van der Waals surface area contributed by atoms with Crippen molar-refractivity contribution in [2.24, 2.45) is 0 Å². The standard InChI is InChI=1S/C15H16N2OS.ClH/c18-15(17-8-6-13-2-1-9-19-13)12-3-4-14-11(10-12)5-7-16-14;/h1-4,9-10,16H,5-8H2,(H,17,18);1H. The van der Waals surface area contributed by atoms with Gasteiger partial charge >= 0.3 is 0 Å². The lowest BCUT2D eigenvalue weighted by atomic mass is 10.1. The first-order valence-electron chi connectivity index (χ1n) is 6.50. The lowest BCUT2D eigenvalue weighted by Crippen LogP contribution is -2.25. The van der Waals surface area contributed by atoms with Gasteiger partial charge in [-0.3, -0.25) is 4.79 Å². The maximum Gasteiger partial charge on any atom is 0.251 e. The monoisotopic (exact) mass is 308 g/mol. The van der Waals surface area contributed by atoms with E-state index in [0.717, 1.165) is 30.6 Å². The van der Waals surface area contributed by atoms with Gasteiger partial charge in [0.1, 0.15) is 0 Å². The number of nitrogens with one attached hydrogen (secondary N) is 2. The molecule has 5 heteroatoms. The molecule has 2 N–H and O–H groups in total. The van der Waals surface area contributed by atoms with Crippen molar-refractivity contribution in [3.05, 3.63) is 51.7 Å². The van der Waals surface area contributed by atoms with E-state index in [4.69, 9.17) is 0 Å². The van der Waals surface area contributed by atoms with Crippen LogP contribution in [-0.4, -0.2) is 19.0 Å². The molecule has 0 bridgehead atoms. The molecule has 0 unspecified atom stereocenters. The Labute approximate surface area is 128 Å². The van der Waals surface area contributed by atoms with E-state index in [-0.39, 0.29) is 18.3 Å². The Bertz CT molecular complexity index is 584. The van der Waals surface area contributed by atoms with Crippen LogP contribution in [0.5, 0.6) is 0 Å². The molecule has 0 aliphatic carbocycles. The van der Waals surface area contributed by atoms with Gasteiger partial charge in [0.2, 0.25) is 0 Å². The number of benzene rings is 1. The highest BCUT2D eigenvalue weighted by atomic mass is 35.5. The van der Waals surface area contributed by atoms with Crippen LogP contribution in [0.25, 0.3) is 0 Å². The van der Waals surface area contributed by atoms with Crippen molar-refractivity contribution in [3.8, 4) is 0 Å². The molecule has 1 aromatic carbocycles. The molecule has 3 nitrogen and oxygen atoms in total. The zero-order valence-electron chi connectivity index (χ0n) is 11.0. The Morgan fingerprint density at radius 3 is 3.05 bits per heavy atom. The number of amides is 1. The maximum atomic E-state index is 12.0. The number of carbonyl (C=O) groups excluding carboxylic acids is 1. The van der Waals surface area contributed by atoms with Gasteiger partial charge in [-0.2, -0.15) is 0 Å². The summed E-state index contributed by atoms with van der Waals surface area (Å²) in [5.74, 6) is 0.0197. The summed E-state index contributed by atoms with van der Waals surface area (Å²) in [6.07, 6.45) is 1.90. The quantitative estimate of drug-likeness (QED) is 0.911. The number of anilines is 1. The fourth-order valence-electron chi connectivity index (χ4n) is 2.30. The van der Waals surface area contributed by atoms with Crippen LogP contribution in [0.3, 0.4) is 0 Å². The minimum atomic E-state index is 0. The Hall–Kier alpha value is -1.52. The normalized spacial score (nSPS) is 12.2. The highest BCUT2D eigenvalue weighted by Crippen LogP contribution is 2.22.